The Hall–Kier alpha value is -0.660. The zero-order chi connectivity index (χ0) is 11.5. The second-order valence-electron chi connectivity index (χ2n) is 3.38. The van der Waals surface area contributed by atoms with Gasteiger partial charge in [0.25, 0.3) is 0 Å². The molecule has 2 rings (SSSR count). The first-order valence-corrected chi connectivity index (χ1v) is 5.98. The van der Waals surface area contributed by atoms with E-state index in [1.165, 1.54) is 0 Å². The first kappa shape index (κ1) is 11.8. The molecular weight excluding hydrogens is 323 g/mol. The van der Waals surface area contributed by atoms with Gasteiger partial charge < -0.3 is 14.2 Å². The predicted octanol–water partition coefficient (Wildman–Crippen LogP) is 1.96. The molecule has 1 aromatic carbocycles. The van der Waals surface area contributed by atoms with E-state index in [0.29, 0.717) is 5.75 Å². The molecule has 16 heavy (non-hydrogen) atoms. The quantitative estimate of drug-likeness (QED) is 0.471. The maximum Gasteiger partial charge on any atom is 0.343 e. The van der Waals surface area contributed by atoms with E-state index >= 15 is 0 Å². The third-order valence-electron chi connectivity index (χ3n) is 2.15. The summed E-state index contributed by atoms with van der Waals surface area (Å²) < 4.78 is 16.5. The van der Waals surface area contributed by atoms with Gasteiger partial charge in [-0.1, -0.05) is 12.1 Å². The van der Waals surface area contributed by atoms with E-state index in [1.807, 2.05) is 18.2 Å². The summed E-state index contributed by atoms with van der Waals surface area (Å²) in [5.41, 5.74) is 0. The van der Waals surface area contributed by atoms with Gasteiger partial charge in [-0.25, -0.2) is 4.79 Å². The Kier molecular flexibility index (Phi) is 3.78. The van der Waals surface area contributed by atoms with Crippen LogP contribution < -0.4 is 4.74 Å². The van der Waals surface area contributed by atoms with E-state index in [-0.39, 0.29) is 12.9 Å². The van der Waals surface area contributed by atoms with E-state index in [9.17, 15) is 4.79 Å². The Labute approximate surface area is 107 Å². The second-order valence-corrected chi connectivity index (χ2v) is 4.54. The van der Waals surface area contributed by atoms with Crippen molar-refractivity contribution in [3.8, 4) is 5.75 Å². The van der Waals surface area contributed by atoms with Crippen molar-refractivity contribution in [2.75, 3.05) is 6.61 Å². The summed E-state index contributed by atoms with van der Waals surface area (Å²) in [5.74, 6) is 0.143. The van der Waals surface area contributed by atoms with Crippen LogP contribution in [-0.4, -0.2) is 25.0 Å². The summed E-state index contributed by atoms with van der Waals surface area (Å²) in [5, 5.41) is 0. The molecule has 0 aliphatic carbocycles. The molecule has 1 heterocycles. The monoisotopic (exact) mass is 334 g/mol. The van der Waals surface area contributed by atoms with Crippen LogP contribution in [0.5, 0.6) is 5.75 Å². The van der Waals surface area contributed by atoms with E-state index < -0.39 is 12.1 Å². The van der Waals surface area contributed by atoms with Crippen molar-refractivity contribution in [1.29, 1.82) is 0 Å². The molecule has 1 saturated heterocycles. The standard InChI is InChI=1S/C11H11IO4/c1-7-14-6-10(15-7)11(13)16-9-5-3-2-4-8(9)12/h2-5,7,10H,6H2,1H3. The SMILES string of the molecule is CC1OCC(C(=O)Oc2ccccc2I)O1. The van der Waals surface area contributed by atoms with Gasteiger partial charge in [-0.15, -0.1) is 0 Å². The molecule has 5 heteroatoms. The van der Waals surface area contributed by atoms with Crippen LogP contribution in [0.25, 0.3) is 0 Å². The topological polar surface area (TPSA) is 44.8 Å². The highest BCUT2D eigenvalue weighted by Gasteiger charge is 2.30. The number of carbonyl (C=O) groups is 1. The molecule has 0 saturated carbocycles. The molecule has 1 aromatic rings. The van der Waals surface area contributed by atoms with Crippen molar-refractivity contribution in [1.82, 2.24) is 0 Å². The largest absolute Gasteiger partial charge is 0.423 e. The molecule has 2 atom stereocenters. The van der Waals surface area contributed by atoms with Crippen LogP contribution in [0.2, 0.25) is 0 Å². The van der Waals surface area contributed by atoms with Gasteiger partial charge in [-0.2, -0.15) is 0 Å². The van der Waals surface area contributed by atoms with Crippen LogP contribution in [0.4, 0.5) is 0 Å². The average Bonchev–Trinajstić information content (AvgIpc) is 2.68. The van der Waals surface area contributed by atoms with E-state index in [4.69, 9.17) is 14.2 Å². The van der Waals surface area contributed by atoms with Gasteiger partial charge in [0.1, 0.15) is 5.75 Å². The van der Waals surface area contributed by atoms with Gasteiger partial charge >= 0.3 is 5.97 Å². The van der Waals surface area contributed by atoms with E-state index in [2.05, 4.69) is 22.6 Å². The highest BCUT2D eigenvalue weighted by Crippen LogP contribution is 2.21. The van der Waals surface area contributed by atoms with Gasteiger partial charge in [0, 0.05) is 0 Å². The number of ether oxygens (including phenoxy) is 3. The lowest BCUT2D eigenvalue weighted by Crippen LogP contribution is -2.28. The fraction of sp³-hybridized carbons (Fsp3) is 0.364. The summed E-state index contributed by atoms with van der Waals surface area (Å²) in [6.07, 6.45) is -0.960. The Morgan fingerprint density at radius 1 is 1.50 bits per heavy atom. The third kappa shape index (κ3) is 2.72. The van der Waals surface area contributed by atoms with Crippen molar-refractivity contribution < 1.29 is 19.0 Å². The molecule has 0 radical (unpaired) electrons. The van der Waals surface area contributed by atoms with E-state index in [1.54, 1.807) is 13.0 Å². The van der Waals surface area contributed by atoms with Crippen molar-refractivity contribution in [3.05, 3.63) is 27.8 Å². The average molecular weight is 334 g/mol. The molecule has 4 nitrogen and oxygen atoms in total. The minimum atomic E-state index is -0.619. The van der Waals surface area contributed by atoms with Crippen molar-refractivity contribution in [2.45, 2.75) is 19.3 Å². The number of halogens is 1. The highest BCUT2D eigenvalue weighted by molar-refractivity contribution is 14.1. The number of benzene rings is 1. The summed E-state index contributed by atoms with van der Waals surface area (Å²) >= 11 is 2.11. The van der Waals surface area contributed by atoms with Gasteiger partial charge in [-0.05, 0) is 41.6 Å². The number of carbonyl (C=O) groups excluding carboxylic acids is 1. The Bertz CT molecular complexity index is 393. The van der Waals surface area contributed by atoms with Crippen LogP contribution in [0.3, 0.4) is 0 Å². The van der Waals surface area contributed by atoms with Gasteiger partial charge in [0.05, 0.1) is 10.2 Å². The van der Waals surface area contributed by atoms with Gasteiger partial charge in [0.2, 0.25) is 0 Å². The smallest absolute Gasteiger partial charge is 0.343 e. The Morgan fingerprint density at radius 3 is 2.88 bits per heavy atom. The first-order valence-electron chi connectivity index (χ1n) is 4.90. The van der Waals surface area contributed by atoms with Crippen molar-refractivity contribution in [2.24, 2.45) is 0 Å². The minimum absolute atomic E-state index is 0.253. The molecule has 1 fully saturated rings. The lowest BCUT2D eigenvalue weighted by molar-refractivity contribution is -0.146. The molecule has 0 spiro atoms. The van der Waals surface area contributed by atoms with E-state index in [0.717, 1.165) is 3.57 Å². The van der Waals surface area contributed by atoms with Crippen molar-refractivity contribution in [3.63, 3.8) is 0 Å². The number of esters is 1. The first-order chi connectivity index (χ1) is 7.66. The molecule has 0 aromatic heterocycles. The molecule has 86 valence electrons. The molecule has 0 bridgehead atoms. The van der Waals surface area contributed by atoms with Gasteiger partial charge in [-0.3, -0.25) is 0 Å². The zero-order valence-corrected chi connectivity index (χ0v) is 10.8. The van der Waals surface area contributed by atoms with Gasteiger partial charge in [0.15, 0.2) is 12.4 Å². The summed E-state index contributed by atoms with van der Waals surface area (Å²) in [6, 6.07) is 7.33. The summed E-state index contributed by atoms with van der Waals surface area (Å²) in [4.78, 5) is 11.7. The van der Waals surface area contributed by atoms with Crippen LogP contribution in [0.1, 0.15) is 6.92 Å². The molecule has 0 N–H and O–H groups in total. The molecule has 1 aliphatic heterocycles. The second kappa shape index (κ2) is 5.11. The molecule has 1 aliphatic rings. The van der Waals surface area contributed by atoms with Crippen LogP contribution in [-0.2, 0) is 14.3 Å². The lowest BCUT2D eigenvalue weighted by Gasteiger charge is -2.09. The Balaban J connectivity index is 2.00. The molecule has 2 unspecified atom stereocenters. The summed E-state index contributed by atoms with van der Waals surface area (Å²) in [7, 11) is 0. The van der Waals surface area contributed by atoms with Crippen LogP contribution in [0, 0.1) is 3.57 Å². The summed E-state index contributed by atoms with van der Waals surface area (Å²) in [6.45, 7) is 2.00. The zero-order valence-electron chi connectivity index (χ0n) is 8.68. The fourth-order valence-corrected chi connectivity index (χ4v) is 1.86. The number of rotatable bonds is 2. The fourth-order valence-electron chi connectivity index (χ4n) is 1.36. The molecular formula is C11H11IO4. The predicted molar refractivity (Wildman–Crippen MR) is 65.1 cm³/mol. The number of hydrogen-bond donors (Lipinski definition) is 0. The lowest BCUT2D eigenvalue weighted by atomic mass is 10.3. The maximum absolute atomic E-state index is 11.7. The highest BCUT2D eigenvalue weighted by atomic mass is 127. The van der Waals surface area contributed by atoms with Crippen molar-refractivity contribution >= 4 is 28.6 Å². The Morgan fingerprint density at radius 2 is 2.25 bits per heavy atom. The van der Waals surface area contributed by atoms with Crippen LogP contribution >= 0.6 is 22.6 Å². The maximum atomic E-state index is 11.7. The van der Waals surface area contributed by atoms with Crippen LogP contribution in [0.15, 0.2) is 24.3 Å². The number of hydrogen-bond acceptors (Lipinski definition) is 4. The third-order valence-corrected chi connectivity index (χ3v) is 3.04. The number of para-hydroxylation sites is 1. The molecule has 0 amide bonds. The normalized spacial score (nSPS) is 24.4. The minimum Gasteiger partial charge on any atom is -0.423 e.